The van der Waals surface area contributed by atoms with Crippen LogP contribution in [-0.4, -0.2) is 11.0 Å². The van der Waals surface area contributed by atoms with Gasteiger partial charge in [0.15, 0.2) is 6.10 Å². The summed E-state index contributed by atoms with van der Waals surface area (Å²) >= 11 is 0. The Labute approximate surface area is 86.7 Å². The molecule has 1 aliphatic heterocycles. The SMILES string of the molecule is O=C1OC(c2cc[nH]c2)c2ccccc21. The quantitative estimate of drug-likeness (QED) is 0.716. The van der Waals surface area contributed by atoms with Gasteiger partial charge in [-0.3, -0.25) is 0 Å². The lowest BCUT2D eigenvalue weighted by Crippen LogP contribution is -1.98. The summed E-state index contributed by atoms with van der Waals surface area (Å²) in [6, 6.07) is 9.41. The molecule has 0 spiro atoms. The second-order valence-electron chi connectivity index (χ2n) is 3.52. The summed E-state index contributed by atoms with van der Waals surface area (Å²) in [5.74, 6) is -0.239. The lowest BCUT2D eigenvalue weighted by molar-refractivity contribution is 0.0456. The largest absolute Gasteiger partial charge is 0.449 e. The van der Waals surface area contributed by atoms with E-state index in [0.717, 1.165) is 11.1 Å². The summed E-state index contributed by atoms with van der Waals surface area (Å²) in [4.78, 5) is 14.5. The molecule has 1 aromatic carbocycles. The lowest BCUT2D eigenvalue weighted by Gasteiger charge is -2.07. The van der Waals surface area contributed by atoms with Crippen molar-refractivity contribution in [1.29, 1.82) is 0 Å². The number of nitrogens with one attached hydrogen (secondary N) is 1. The van der Waals surface area contributed by atoms with Gasteiger partial charge in [-0.15, -0.1) is 0 Å². The van der Waals surface area contributed by atoms with E-state index in [9.17, 15) is 4.79 Å². The first-order valence-electron chi connectivity index (χ1n) is 4.79. The molecular weight excluding hydrogens is 190 g/mol. The Balaban J connectivity index is 2.13. The van der Waals surface area contributed by atoms with Crippen molar-refractivity contribution in [3.05, 3.63) is 59.4 Å². The molecule has 1 unspecified atom stereocenters. The Hall–Kier alpha value is -2.03. The average molecular weight is 199 g/mol. The average Bonchev–Trinajstić information content (AvgIpc) is 2.87. The van der Waals surface area contributed by atoms with Crippen LogP contribution < -0.4 is 0 Å². The van der Waals surface area contributed by atoms with Crippen LogP contribution >= 0.6 is 0 Å². The number of cyclic esters (lactones) is 1. The number of H-pyrrole nitrogens is 1. The molecule has 0 fully saturated rings. The van der Waals surface area contributed by atoms with Crippen LogP contribution in [0.15, 0.2) is 42.7 Å². The maximum Gasteiger partial charge on any atom is 0.339 e. The first kappa shape index (κ1) is 8.29. The molecule has 3 nitrogen and oxygen atoms in total. The van der Waals surface area contributed by atoms with Gasteiger partial charge in [-0.2, -0.15) is 0 Å². The summed E-state index contributed by atoms with van der Waals surface area (Å²) in [7, 11) is 0. The van der Waals surface area contributed by atoms with Crippen LogP contribution in [0.4, 0.5) is 0 Å². The zero-order valence-corrected chi connectivity index (χ0v) is 7.94. The summed E-state index contributed by atoms with van der Waals surface area (Å²) in [5.41, 5.74) is 2.60. The molecule has 1 N–H and O–H groups in total. The Morgan fingerprint density at radius 2 is 2.07 bits per heavy atom. The molecule has 3 heteroatoms. The van der Waals surface area contributed by atoms with Crippen molar-refractivity contribution >= 4 is 5.97 Å². The number of hydrogen-bond donors (Lipinski definition) is 1. The van der Waals surface area contributed by atoms with Crippen molar-refractivity contribution in [3.8, 4) is 0 Å². The van der Waals surface area contributed by atoms with E-state index < -0.39 is 0 Å². The van der Waals surface area contributed by atoms with Gasteiger partial charge < -0.3 is 9.72 Å². The number of aromatic amines is 1. The number of ether oxygens (including phenoxy) is 1. The van der Waals surface area contributed by atoms with Gasteiger partial charge >= 0.3 is 5.97 Å². The van der Waals surface area contributed by atoms with E-state index in [1.54, 1.807) is 6.07 Å². The maximum atomic E-state index is 11.5. The van der Waals surface area contributed by atoms with Crippen LogP contribution in [0.5, 0.6) is 0 Å². The van der Waals surface area contributed by atoms with Crippen LogP contribution in [-0.2, 0) is 4.74 Å². The minimum absolute atomic E-state index is 0.239. The third-order valence-corrected chi connectivity index (χ3v) is 2.61. The molecule has 15 heavy (non-hydrogen) atoms. The van der Waals surface area contributed by atoms with Crippen LogP contribution in [0, 0.1) is 0 Å². The smallest absolute Gasteiger partial charge is 0.339 e. The standard InChI is InChI=1S/C12H9NO2/c14-12-10-4-2-1-3-9(10)11(15-12)8-5-6-13-7-8/h1-7,11,13H. The first-order valence-corrected chi connectivity index (χ1v) is 4.79. The highest BCUT2D eigenvalue weighted by Gasteiger charge is 2.31. The van der Waals surface area contributed by atoms with Gasteiger partial charge in [-0.05, 0) is 12.1 Å². The number of fused-ring (bicyclic) bond motifs is 1. The number of benzene rings is 1. The second-order valence-corrected chi connectivity index (χ2v) is 3.52. The fourth-order valence-corrected chi connectivity index (χ4v) is 1.89. The second kappa shape index (κ2) is 2.98. The molecule has 0 bridgehead atoms. The third kappa shape index (κ3) is 1.16. The molecular formula is C12H9NO2. The molecule has 0 saturated carbocycles. The molecule has 2 aromatic rings. The molecule has 3 rings (SSSR count). The number of aromatic nitrogens is 1. The van der Waals surface area contributed by atoms with Crippen molar-refractivity contribution in [3.63, 3.8) is 0 Å². The summed E-state index contributed by atoms with van der Waals surface area (Å²) in [5, 5.41) is 0. The van der Waals surface area contributed by atoms with E-state index in [2.05, 4.69) is 4.98 Å². The monoisotopic (exact) mass is 199 g/mol. The van der Waals surface area contributed by atoms with E-state index in [0.29, 0.717) is 5.56 Å². The number of esters is 1. The molecule has 1 aliphatic rings. The van der Waals surface area contributed by atoms with Crippen molar-refractivity contribution in [1.82, 2.24) is 4.98 Å². The predicted octanol–water partition coefficient (Wildman–Crippen LogP) is 2.27. The van der Waals surface area contributed by atoms with Crippen LogP contribution in [0.3, 0.4) is 0 Å². The highest BCUT2D eigenvalue weighted by atomic mass is 16.5. The summed E-state index contributed by atoms with van der Waals surface area (Å²) in [6.45, 7) is 0. The molecule has 1 atom stereocenters. The Morgan fingerprint density at radius 1 is 1.20 bits per heavy atom. The number of hydrogen-bond acceptors (Lipinski definition) is 2. The minimum Gasteiger partial charge on any atom is -0.449 e. The highest BCUT2D eigenvalue weighted by Crippen LogP contribution is 2.35. The lowest BCUT2D eigenvalue weighted by atomic mass is 10.0. The predicted molar refractivity (Wildman–Crippen MR) is 54.5 cm³/mol. The van der Waals surface area contributed by atoms with Gasteiger partial charge in [0, 0.05) is 23.5 Å². The van der Waals surface area contributed by atoms with Gasteiger partial charge in [-0.25, -0.2) is 4.79 Å². The Morgan fingerprint density at radius 3 is 2.87 bits per heavy atom. The number of carbonyl (C=O) groups excluding carboxylic acids is 1. The normalized spacial score (nSPS) is 18.7. The van der Waals surface area contributed by atoms with E-state index in [1.807, 2.05) is 36.7 Å². The van der Waals surface area contributed by atoms with Gasteiger partial charge in [0.2, 0.25) is 0 Å². The van der Waals surface area contributed by atoms with E-state index in [4.69, 9.17) is 4.74 Å². The fraction of sp³-hybridized carbons (Fsp3) is 0.0833. The summed E-state index contributed by atoms with van der Waals surface area (Å²) in [6.07, 6.45) is 3.42. The topological polar surface area (TPSA) is 42.1 Å². The Kier molecular flexibility index (Phi) is 1.65. The van der Waals surface area contributed by atoms with E-state index in [1.165, 1.54) is 0 Å². The van der Waals surface area contributed by atoms with E-state index >= 15 is 0 Å². The highest BCUT2D eigenvalue weighted by molar-refractivity contribution is 5.94. The molecule has 1 aromatic heterocycles. The number of carbonyl (C=O) groups is 1. The fourth-order valence-electron chi connectivity index (χ4n) is 1.89. The molecule has 2 heterocycles. The van der Waals surface area contributed by atoms with Crippen LogP contribution in [0.2, 0.25) is 0 Å². The zero-order valence-electron chi connectivity index (χ0n) is 7.94. The Bertz CT molecular complexity index is 502. The maximum absolute atomic E-state index is 11.5. The molecule has 0 radical (unpaired) electrons. The number of rotatable bonds is 1. The van der Waals surface area contributed by atoms with Gasteiger partial charge in [-0.1, -0.05) is 18.2 Å². The third-order valence-electron chi connectivity index (χ3n) is 2.61. The first-order chi connectivity index (χ1) is 7.36. The zero-order chi connectivity index (χ0) is 10.3. The van der Waals surface area contributed by atoms with Crippen molar-refractivity contribution in [2.24, 2.45) is 0 Å². The van der Waals surface area contributed by atoms with E-state index in [-0.39, 0.29) is 12.1 Å². The van der Waals surface area contributed by atoms with Gasteiger partial charge in [0.1, 0.15) is 0 Å². The van der Waals surface area contributed by atoms with Crippen LogP contribution in [0.25, 0.3) is 0 Å². The molecule has 74 valence electrons. The minimum atomic E-state index is -0.250. The molecule has 0 aliphatic carbocycles. The van der Waals surface area contributed by atoms with Crippen molar-refractivity contribution < 1.29 is 9.53 Å². The van der Waals surface area contributed by atoms with Gasteiger partial charge in [0.05, 0.1) is 5.56 Å². The van der Waals surface area contributed by atoms with Crippen LogP contribution in [0.1, 0.15) is 27.6 Å². The molecule has 0 amide bonds. The van der Waals surface area contributed by atoms with Gasteiger partial charge in [0.25, 0.3) is 0 Å². The summed E-state index contributed by atoms with van der Waals surface area (Å²) < 4.78 is 5.32. The van der Waals surface area contributed by atoms with Crippen molar-refractivity contribution in [2.45, 2.75) is 6.10 Å². The van der Waals surface area contributed by atoms with Crippen molar-refractivity contribution in [2.75, 3.05) is 0 Å². The molecule has 0 saturated heterocycles.